The molecule has 0 bridgehead atoms. The van der Waals surface area contributed by atoms with E-state index in [4.69, 9.17) is 11.6 Å². The zero-order valence-corrected chi connectivity index (χ0v) is 16.7. The van der Waals surface area contributed by atoms with Crippen LogP contribution in [0, 0.1) is 0 Å². The van der Waals surface area contributed by atoms with Crippen LogP contribution >= 0.6 is 11.6 Å². The summed E-state index contributed by atoms with van der Waals surface area (Å²) in [6, 6.07) is 17.2. The van der Waals surface area contributed by atoms with Crippen LogP contribution in [0.3, 0.4) is 0 Å². The largest absolute Gasteiger partial charge is 0.379 e. The van der Waals surface area contributed by atoms with Gasteiger partial charge in [-0.05, 0) is 29.7 Å². The van der Waals surface area contributed by atoms with Gasteiger partial charge in [-0.25, -0.2) is 4.98 Å². The van der Waals surface area contributed by atoms with Crippen LogP contribution in [0.2, 0.25) is 5.02 Å². The van der Waals surface area contributed by atoms with Crippen molar-refractivity contribution in [1.82, 2.24) is 19.6 Å². The van der Waals surface area contributed by atoms with Crippen molar-refractivity contribution in [2.45, 2.75) is 26.4 Å². The van der Waals surface area contributed by atoms with Crippen molar-refractivity contribution in [3.8, 4) is 0 Å². The predicted octanol–water partition coefficient (Wildman–Crippen LogP) is 3.86. The summed E-state index contributed by atoms with van der Waals surface area (Å²) in [5.41, 5.74) is 3.62. The first kappa shape index (κ1) is 19.0. The molecule has 0 saturated carbocycles. The van der Waals surface area contributed by atoms with E-state index < -0.39 is 0 Å². The van der Waals surface area contributed by atoms with Crippen molar-refractivity contribution >= 4 is 29.0 Å². The van der Waals surface area contributed by atoms with E-state index in [2.05, 4.69) is 38.7 Å². The topological polar surface area (TPSA) is 87.1 Å². The molecule has 0 atom stereocenters. The van der Waals surface area contributed by atoms with Crippen LogP contribution in [0.15, 0.2) is 59.4 Å². The maximum Gasteiger partial charge on any atom is 0.274 e. The van der Waals surface area contributed by atoms with Crippen LogP contribution in [0.1, 0.15) is 23.7 Å². The van der Waals surface area contributed by atoms with Crippen LogP contribution in [-0.4, -0.2) is 19.6 Å². The Labute approximate surface area is 172 Å². The van der Waals surface area contributed by atoms with Gasteiger partial charge in [0.2, 0.25) is 5.95 Å². The number of aromatic nitrogens is 4. The van der Waals surface area contributed by atoms with E-state index in [1.54, 1.807) is 0 Å². The molecule has 8 heteroatoms. The van der Waals surface area contributed by atoms with Crippen LogP contribution in [0.5, 0.6) is 0 Å². The second-order valence-corrected chi connectivity index (χ2v) is 7.01. The number of hydrogen-bond acceptors (Lipinski definition) is 5. The third-order valence-corrected chi connectivity index (χ3v) is 5.01. The fraction of sp³-hybridized carbons (Fsp3) is 0.190. The Morgan fingerprint density at radius 2 is 1.76 bits per heavy atom. The number of nitrogens with zero attached hydrogens (tertiary/aromatic N) is 3. The summed E-state index contributed by atoms with van der Waals surface area (Å²) in [5.74, 6) is 0.774. The lowest BCUT2D eigenvalue weighted by Crippen LogP contribution is -2.17. The molecule has 3 N–H and O–H groups in total. The summed E-state index contributed by atoms with van der Waals surface area (Å²) >= 11 is 6.18. The van der Waals surface area contributed by atoms with Crippen LogP contribution < -0.4 is 16.2 Å². The highest BCUT2D eigenvalue weighted by Crippen LogP contribution is 2.17. The molecule has 0 spiro atoms. The molecular weight excluding hydrogens is 388 g/mol. The van der Waals surface area contributed by atoms with E-state index in [9.17, 15) is 4.79 Å². The minimum Gasteiger partial charge on any atom is -0.379 e. The Morgan fingerprint density at radius 3 is 2.55 bits per heavy atom. The Hall–Kier alpha value is -3.32. The van der Waals surface area contributed by atoms with Crippen molar-refractivity contribution in [3.05, 3.63) is 86.8 Å². The number of aryl methyl sites for hydroxylation is 1. The van der Waals surface area contributed by atoms with E-state index in [1.165, 1.54) is 16.1 Å². The lowest BCUT2D eigenvalue weighted by Gasteiger charge is -2.10. The number of hydrogen-bond donors (Lipinski definition) is 3. The standard InChI is InChI=1S/C21H21ClN6O/c1-2-14-7-4-6-10-18(14)23-13-16-11-19(29)28-21(25-16)26-20(27-28)24-12-15-8-3-5-9-17(15)22/h3-11,23H,2,12-13H2,1H3,(H2,24,25,26,27). The molecule has 4 aromatic rings. The quantitative estimate of drug-likeness (QED) is 0.432. The second kappa shape index (κ2) is 8.36. The molecule has 0 aliphatic rings. The summed E-state index contributed by atoms with van der Waals surface area (Å²) in [7, 11) is 0. The highest BCUT2D eigenvalue weighted by molar-refractivity contribution is 6.31. The summed E-state index contributed by atoms with van der Waals surface area (Å²) < 4.78 is 1.32. The fourth-order valence-corrected chi connectivity index (χ4v) is 3.31. The number of aromatic amines is 1. The average molecular weight is 409 g/mol. The molecule has 0 unspecified atom stereocenters. The van der Waals surface area contributed by atoms with Crippen molar-refractivity contribution in [2.75, 3.05) is 10.6 Å². The number of anilines is 2. The lowest BCUT2D eigenvalue weighted by atomic mass is 10.1. The minimum absolute atomic E-state index is 0.214. The van der Waals surface area contributed by atoms with Crippen LogP contribution in [0.4, 0.5) is 11.6 Å². The number of nitrogens with one attached hydrogen (secondary N) is 3. The average Bonchev–Trinajstić information content (AvgIpc) is 3.15. The molecule has 148 valence electrons. The van der Waals surface area contributed by atoms with Gasteiger partial charge in [-0.3, -0.25) is 9.89 Å². The van der Waals surface area contributed by atoms with Gasteiger partial charge in [-0.15, -0.1) is 0 Å². The van der Waals surface area contributed by atoms with E-state index >= 15 is 0 Å². The van der Waals surface area contributed by atoms with Crippen LogP contribution in [0.25, 0.3) is 5.78 Å². The van der Waals surface area contributed by atoms with Gasteiger partial charge in [0, 0.05) is 23.3 Å². The molecule has 0 radical (unpaired) electrons. The maximum atomic E-state index is 12.5. The van der Waals surface area contributed by atoms with E-state index in [0.717, 1.165) is 17.7 Å². The Morgan fingerprint density at radius 1 is 1.00 bits per heavy atom. The zero-order valence-electron chi connectivity index (χ0n) is 15.9. The number of fused-ring (bicyclic) bond motifs is 1. The van der Waals surface area contributed by atoms with Crippen LogP contribution in [-0.2, 0) is 19.5 Å². The molecule has 0 aliphatic carbocycles. The molecular formula is C21H21ClN6O. The highest BCUT2D eigenvalue weighted by Gasteiger charge is 2.09. The predicted molar refractivity (Wildman–Crippen MR) is 116 cm³/mol. The van der Waals surface area contributed by atoms with Gasteiger partial charge in [0.05, 0.1) is 12.2 Å². The SMILES string of the molecule is CCc1ccccc1NCc1cc(=O)n2[nH]c(NCc3ccccc3Cl)nc2n1. The van der Waals surface area contributed by atoms with Gasteiger partial charge >= 0.3 is 0 Å². The maximum absolute atomic E-state index is 12.5. The molecule has 2 heterocycles. The molecule has 0 aliphatic heterocycles. The van der Waals surface area contributed by atoms with E-state index in [0.29, 0.717) is 35.5 Å². The van der Waals surface area contributed by atoms with Crippen molar-refractivity contribution in [2.24, 2.45) is 0 Å². The van der Waals surface area contributed by atoms with Gasteiger partial charge in [-0.1, -0.05) is 54.9 Å². The second-order valence-electron chi connectivity index (χ2n) is 6.60. The minimum atomic E-state index is -0.214. The third-order valence-electron chi connectivity index (χ3n) is 4.65. The van der Waals surface area contributed by atoms with E-state index in [-0.39, 0.29) is 5.56 Å². The fourth-order valence-electron chi connectivity index (χ4n) is 3.10. The number of para-hydroxylation sites is 1. The van der Waals surface area contributed by atoms with Crippen molar-refractivity contribution in [1.29, 1.82) is 0 Å². The number of H-pyrrole nitrogens is 1. The number of halogens is 1. The third kappa shape index (κ3) is 4.25. The number of rotatable bonds is 7. The van der Waals surface area contributed by atoms with Gasteiger partial charge in [0.1, 0.15) is 0 Å². The molecule has 0 fully saturated rings. The number of benzene rings is 2. The van der Waals surface area contributed by atoms with Gasteiger partial charge < -0.3 is 10.6 Å². The van der Waals surface area contributed by atoms with Crippen molar-refractivity contribution < 1.29 is 0 Å². The highest BCUT2D eigenvalue weighted by atomic mass is 35.5. The van der Waals surface area contributed by atoms with Crippen molar-refractivity contribution in [3.63, 3.8) is 0 Å². The zero-order chi connectivity index (χ0) is 20.2. The summed E-state index contributed by atoms with van der Waals surface area (Å²) in [6.07, 6.45) is 0.929. The Kier molecular flexibility index (Phi) is 5.48. The summed E-state index contributed by atoms with van der Waals surface area (Å²) in [5, 5.41) is 10.1. The van der Waals surface area contributed by atoms with Gasteiger partial charge in [0.15, 0.2) is 0 Å². The van der Waals surface area contributed by atoms with E-state index in [1.807, 2.05) is 42.5 Å². The monoisotopic (exact) mass is 408 g/mol. The smallest absolute Gasteiger partial charge is 0.274 e. The molecule has 4 rings (SSSR count). The first-order chi connectivity index (χ1) is 14.1. The lowest BCUT2D eigenvalue weighted by molar-refractivity contribution is 0.874. The summed E-state index contributed by atoms with van der Waals surface area (Å²) in [4.78, 5) is 21.3. The molecule has 0 saturated heterocycles. The first-order valence-corrected chi connectivity index (χ1v) is 9.79. The summed E-state index contributed by atoms with van der Waals surface area (Å²) in [6.45, 7) is 3.03. The van der Waals surface area contributed by atoms with Gasteiger partial charge in [-0.2, -0.15) is 9.50 Å². The molecule has 29 heavy (non-hydrogen) atoms. The molecule has 2 aromatic carbocycles. The molecule has 0 amide bonds. The normalized spacial score (nSPS) is 11.0. The molecule has 7 nitrogen and oxygen atoms in total. The molecule has 2 aromatic heterocycles. The Balaban J connectivity index is 1.51. The van der Waals surface area contributed by atoms with Gasteiger partial charge in [0.25, 0.3) is 11.3 Å². The first-order valence-electron chi connectivity index (χ1n) is 9.42. The Bertz CT molecular complexity index is 1200.